The molecule has 0 atom stereocenters. The highest BCUT2D eigenvalue weighted by molar-refractivity contribution is 7.92. The summed E-state index contributed by atoms with van der Waals surface area (Å²) in [5, 5.41) is 9.63. The minimum Gasteiger partial charge on any atom is -0.276 e. The first-order valence-corrected chi connectivity index (χ1v) is 10.9. The van der Waals surface area contributed by atoms with E-state index in [9.17, 15) is 8.42 Å². The van der Waals surface area contributed by atoms with E-state index in [0.717, 1.165) is 5.56 Å². The van der Waals surface area contributed by atoms with Gasteiger partial charge in [-0.25, -0.2) is 8.42 Å². The fourth-order valence-electron chi connectivity index (χ4n) is 2.92. The number of halogens is 2. The van der Waals surface area contributed by atoms with E-state index in [4.69, 9.17) is 23.2 Å². The van der Waals surface area contributed by atoms with Crippen molar-refractivity contribution in [3.05, 3.63) is 57.1 Å². The molecule has 0 aliphatic carbocycles. The lowest BCUT2D eigenvalue weighted by Crippen LogP contribution is -2.15. The summed E-state index contributed by atoms with van der Waals surface area (Å²) >= 11 is 12.0. The van der Waals surface area contributed by atoms with E-state index in [-0.39, 0.29) is 4.90 Å². The van der Waals surface area contributed by atoms with E-state index in [1.54, 1.807) is 35.3 Å². The van der Waals surface area contributed by atoms with Crippen molar-refractivity contribution in [2.45, 2.75) is 45.7 Å². The van der Waals surface area contributed by atoms with Gasteiger partial charge in [-0.1, -0.05) is 29.3 Å². The predicted octanol–water partition coefficient (Wildman–Crippen LogP) is 4.18. The van der Waals surface area contributed by atoms with Gasteiger partial charge in [0.25, 0.3) is 10.0 Å². The lowest BCUT2D eigenvalue weighted by molar-refractivity contribution is 0.600. The van der Waals surface area contributed by atoms with Crippen molar-refractivity contribution >= 4 is 38.9 Å². The van der Waals surface area contributed by atoms with Crippen LogP contribution in [-0.4, -0.2) is 28.0 Å². The Labute approximate surface area is 174 Å². The van der Waals surface area contributed by atoms with Crippen molar-refractivity contribution in [1.29, 1.82) is 0 Å². The van der Waals surface area contributed by atoms with Crippen LogP contribution in [0.4, 0.5) is 5.69 Å². The van der Waals surface area contributed by atoms with Gasteiger partial charge in [-0.05, 0) is 45.4 Å². The zero-order valence-corrected chi connectivity index (χ0v) is 18.3. The summed E-state index contributed by atoms with van der Waals surface area (Å²) in [5.41, 5.74) is 3.11. The Morgan fingerprint density at radius 3 is 2.39 bits per heavy atom. The summed E-state index contributed by atoms with van der Waals surface area (Å²) in [4.78, 5) is 0.158. The van der Waals surface area contributed by atoms with Crippen LogP contribution in [0.5, 0.6) is 0 Å². The molecule has 0 unspecified atom stereocenters. The monoisotopic (exact) mass is 441 g/mol. The summed E-state index contributed by atoms with van der Waals surface area (Å²) < 4.78 is 31.7. The van der Waals surface area contributed by atoms with Gasteiger partial charge in [0.05, 0.1) is 39.4 Å². The van der Waals surface area contributed by atoms with Crippen LogP contribution >= 0.6 is 23.2 Å². The Morgan fingerprint density at radius 2 is 1.79 bits per heavy atom. The molecule has 2 heterocycles. The van der Waals surface area contributed by atoms with Crippen LogP contribution in [-0.2, 0) is 23.1 Å². The zero-order valence-electron chi connectivity index (χ0n) is 16.0. The lowest BCUT2D eigenvalue weighted by atomic mass is 10.2. The molecule has 0 saturated heterocycles. The number of rotatable bonds is 6. The van der Waals surface area contributed by atoms with Gasteiger partial charge < -0.3 is 0 Å². The van der Waals surface area contributed by atoms with Gasteiger partial charge in [-0.2, -0.15) is 10.2 Å². The summed E-state index contributed by atoms with van der Waals surface area (Å²) in [7, 11) is -3.78. The first-order valence-electron chi connectivity index (χ1n) is 8.67. The van der Waals surface area contributed by atoms with Crippen molar-refractivity contribution in [2.24, 2.45) is 0 Å². The van der Waals surface area contributed by atoms with E-state index >= 15 is 0 Å². The van der Waals surface area contributed by atoms with Crippen molar-refractivity contribution in [1.82, 2.24) is 19.6 Å². The fraction of sp³-hybridized carbons (Fsp3) is 0.333. The van der Waals surface area contributed by atoms with Crippen LogP contribution in [0.15, 0.2) is 29.3 Å². The second kappa shape index (κ2) is 7.77. The molecular formula is C18H21Cl2N5O2S. The van der Waals surface area contributed by atoms with Gasteiger partial charge in [0.15, 0.2) is 0 Å². The quantitative estimate of drug-likeness (QED) is 0.621. The molecule has 28 heavy (non-hydrogen) atoms. The Morgan fingerprint density at radius 1 is 1.07 bits per heavy atom. The van der Waals surface area contributed by atoms with Gasteiger partial charge in [0.1, 0.15) is 4.90 Å². The molecule has 0 bridgehead atoms. The van der Waals surface area contributed by atoms with Gasteiger partial charge >= 0.3 is 0 Å². The molecule has 3 aromatic rings. The smallest absolute Gasteiger partial charge is 0.265 e. The van der Waals surface area contributed by atoms with Crippen LogP contribution in [0, 0.1) is 20.8 Å². The minimum atomic E-state index is -3.78. The standard InChI is InChI=1S/C18H21Cl2N5O2S/c1-5-24-10-17(11(2)21-24)28(26,27)23-18-12(3)22-25(13(18)4)9-14-6-7-15(19)16(20)8-14/h6-8,10,23H,5,9H2,1-4H3. The number of aromatic nitrogens is 4. The first kappa shape index (κ1) is 20.7. The van der Waals surface area contributed by atoms with E-state index < -0.39 is 10.0 Å². The number of nitrogens with one attached hydrogen (secondary N) is 1. The van der Waals surface area contributed by atoms with Crippen molar-refractivity contribution in [2.75, 3.05) is 4.72 Å². The van der Waals surface area contributed by atoms with Crippen LogP contribution in [0.25, 0.3) is 0 Å². The Hall–Kier alpha value is -2.03. The summed E-state index contributed by atoms with van der Waals surface area (Å²) in [6.07, 6.45) is 1.53. The molecule has 2 aromatic heterocycles. The maximum Gasteiger partial charge on any atom is 0.265 e. The van der Waals surface area contributed by atoms with E-state index in [1.807, 2.05) is 19.9 Å². The highest BCUT2D eigenvalue weighted by Crippen LogP contribution is 2.27. The normalized spacial score (nSPS) is 11.8. The number of nitrogens with zero attached hydrogens (tertiary/aromatic N) is 4. The molecule has 1 aromatic carbocycles. The number of hydrogen-bond acceptors (Lipinski definition) is 4. The second-order valence-electron chi connectivity index (χ2n) is 6.49. The highest BCUT2D eigenvalue weighted by Gasteiger charge is 2.24. The molecule has 0 radical (unpaired) electrons. The molecular weight excluding hydrogens is 421 g/mol. The third kappa shape index (κ3) is 4.04. The predicted molar refractivity (Wildman–Crippen MR) is 111 cm³/mol. The van der Waals surface area contributed by atoms with Crippen molar-refractivity contribution in [3.8, 4) is 0 Å². The molecule has 0 amide bonds. The molecule has 150 valence electrons. The number of benzene rings is 1. The molecule has 0 aliphatic rings. The van der Waals surface area contributed by atoms with Crippen LogP contribution in [0.1, 0.15) is 29.6 Å². The summed E-state index contributed by atoms with van der Waals surface area (Å²) in [6.45, 7) is 8.19. The van der Waals surface area contributed by atoms with Crippen LogP contribution in [0.3, 0.4) is 0 Å². The van der Waals surface area contributed by atoms with E-state index in [2.05, 4.69) is 14.9 Å². The topological polar surface area (TPSA) is 81.8 Å². The van der Waals surface area contributed by atoms with Gasteiger partial charge in [-0.3, -0.25) is 14.1 Å². The lowest BCUT2D eigenvalue weighted by Gasteiger charge is -2.09. The van der Waals surface area contributed by atoms with Gasteiger partial charge in [0.2, 0.25) is 0 Å². The Balaban J connectivity index is 1.91. The molecule has 1 N–H and O–H groups in total. The number of hydrogen-bond donors (Lipinski definition) is 1. The molecule has 0 spiro atoms. The summed E-state index contributed by atoms with van der Waals surface area (Å²) in [6, 6.07) is 5.35. The Kier molecular flexibility index (Phi) is 5.74. The van der Waals surface area contributed by atoms with Gasteiger partial charge in [-0.15, -0.1) is 0 Å². The third-order valence-electron chi connectivity index (χ3n) is 4.45. The average molecular weight is 442 g/mol. The SMILES string of the molecule is CCn1cc(S(=O)(=O)Nc2c(C)nn(Cc3ccc(Cl)c(Cl)c3)c2C)c(C)n1. The highest BCUT2D eigenvalue weighted by atomic mass is 35.5. The van der Waals surface area contributed by atoms with Gasteiger partial charge in [0, 0.05) is 12.7 Å². The molecule has 3 rings (SSSR count). The van der Waals surface area contributed by atoms with Crippen molar-refractivity contribution in [3.63, 3.8) is 0 Å². The number of anilines is 1. The maximum absolute atomic E-state index is 12.9. The molecule has 10 heteroatoms. The van der Waals surface area contributed by atoms with Crippen LogP contribution < -0.4 is 4.72 Å². The minimum absolute atomic E-state index is 0.158. The first-order chi connectivity index (χ1) is 13.1. The zero-order chi connectivity index (χ0) is 20.6. The van der Waals surface area contributed by atoms with Crippen molar-refractivity contribution < 1.29 is 8.42 Å². The third-order valence-corrected chi connectivity index (χ3v) is 6.64. The molecule has 0 saturated carbocycles. The number of sulfonamides is 1. The number of aryl methyl sites for hydroxylation is 3. The molecule has 0 aliphatic heterocycles. The molecule has 0 fully saturated rings. The fourth-order valence-corrected chi connectivity index (χ4v) is 4.61. The largest absolute Gasteiger partial charge is 0.276 e. The summed E-state index contributed by atoms with van der Waals surface area (Å²) in [5.74, 6) is 0. The maximum atomic E-state index is 12.9. The Bertz CT molecular complexity index is 1140. The second-order valence-corrected chi connectivity index (χ2v) is 8.96. The average Bonchev–Trinajstić information content (AvgIpc) is 3.13. The van der Waals surface area contributed by atoms with Crippen LogP contribution in [0.2, 0.25) is 10.0 Å². The molecule has 7 nitrogen and oxygen atoms in total. The van der Waals surface area contributed by atoms with E-state index in [1.165, 1.54) is 6.20 Å². The van der Waals surface area contributed by atoms with E-state index in [0.29, 0.717) is 45.9 Å².